The topological polar surface area (TPSA) is 108 Å². The molecule has 8 heteroatoms. The van der Waals surface area contributed by atoms with Crippen LogP contribution in [-0.4, -0.2) is 47.5 Å². The first kappa shape index (κ1) is 20.3. The molecule has 1 aromatic carbocycles. The van der Waals surface area contributed by atoms with Crippen LogP contribution in [0.3, 0.4) is 0 Å². The quantitative estimate of drug-likeness (QED) is 0.283. The van der Waals surface area contributed by atoms with Crippen molar-refractivity contribution in [2.45, 2.75) is 20.3 Å². The second kappa shape index (κ2) is 9.09. The zero-order chi connectivity index (χ0) is 20.0. The van der Waals surface area contributed by atoms with E-state index in [1.54, 1.807) is 13.8 Å². The summed E-state index contributed by atoms with van der Waals surface area (Å²) >= 11 is 0. The third kappa shape index (κ3) is 4.59. The molecule has 0 saturated carbocycles. The van der Waals surface area contributed by atoms with E-state index in [0.29, 0.717) is 17.7 Å². The Labute approximate surface area is 155 Å². The van der Waals surface area contributed by atoms with Crippen LogP contribution in [0.15, 0.2) is 24.3 Å². The van der Waals surface area contributed by atoms with Gasteiger partial charge in [-0.25, -0.2) is 9.18 Å². The molecule has 0 aliphatic rings. The van der Waals surface area contributed by atoms with Gasteiger partial charge in [-0.3, -0.25) is 9.59 Å². The minimum absolute atomic E-state index is 0.0799. The fraction of sp³-hybridized carbons (Fsp3) is 0.316. The summed E-state index contributed by atoms with van der Waals surface area (Å²) in [4.78, 5) is 39.9. The van der Waals surface area contributed by atoms with Crippen molar-refractivity contribution < 1.29 is 28.6 Å². The van der Waals surface area contributed by atoms with Gasteiger partial charge in [0.05, 0.1) is 12.2 Å². The van der Waals surface area contributed by atoms with Crippen molar-refractivity contribution in [1.29, 1.82) is 0 Å². The van der Waals surface area contributed by atoms with Crippen LogP contribution in [0.25, 0.3) is 11.1 Å². The lowest BCUT2D eigenvalue weighted by molar-refractivity contribution is -0.117. The molecule has 0 unspecified atom stereocenters. The average molecular weight is 376 g/mol. The predicted octanol–water partition coefficient (Wildman–Crippen LogP) is 1.99. The molecule has 27 heavy (non-hydrogen) atoms. The minimum atomic E-state index is -0.872. The number of Topliss-reactive ketones (excluding diaryl/α,β-unsaturated/α-hetero) is 1. The summed E-state index contributed by atoms with van der Waals surface area (Å²) < 4.78 is 18.4. The summed E-state index contributed by atoms with van der Waals surface area (Å²) in [6.45, 7) is 3.39. The monoisotopic (exact) mass is 376 g/mol. The first-order chi connectivity index (χ1) is 12.9. The lowest BCUT2D eigenvalue weighted by Gasteiger charge is -2.08. The Morgan fingerprint density at radius 3 is 2.48 bits per heavy atom. The number of halogens is 1. The zero-order valence-corrected chi connectivity index (χ0v) is 15.1. The number of esters is 1. The number of aryl methyl sites for hydroxylation is 1. The number of carbonyl (C=O) groups is 3. The molecule has 2 aromatic rings. The molecule has 0 saturated heterocycles. The Balaban J connectivity index is 2.52. The third-order valence-electron chi connectivity index (χ3n) is 3.85. The summed E-state index contributed by atoms with van der Waals surface area (Å²) in [5.74, 6) is -2.86. The number of rotatable bonds is 8. The van der Waals surface area contributed by atoms with Crippen molar-refractivity contribution >= 4 is 17.7 Å². The average Bonchev–Trinajstić information content (AvgIpc) is 2.99. The van der Waals surface area contributed by atoms with Gasteiger partial charge in [-0.15, -0.1) is 0 Å². The van der Waals surface area contributed by atoms with E-state index in [-0.39, 0.29) is 36.6 Å². The highest BCUT2D eigenvalue weighted by atomic mass is 19.1. The first-order valence-corrected chi connectivity index (χ1v) is 8.49. The molecule has 0 aliphatic carbocycles. The molecule has 1 aromatic heterocycles. The molecular formula is C19H21FN2O5. The van der Waals surface area contributed by atoms with Crippen LogP contribution in [0.2, 0.25) is 0 Å². The number of ketones is 1. The highest BCUT2D eigenvalue weighted by Crippen LogP contribution is 2.31. The number of nitrogens with one attached hydrogen (secondary N) is 2. The Kier molecular flexibility index (Phi) is 6.84. The molecule has 1 heterocycles. The fourth-order valence-electron chi connectivity index (χ4n) is 2.63. The number of carbonyl (C=O) groups excluding carboxylic acids is 3. The van der Waals surface area contributed by atoms with Crippen LogP contribution in [0, 0.1) is 12.7 Å². The number of aliphatic hydroxyl groups excluding tert-OH is 1. The highest BCUT2D eigenvalue weighted by molar-refractivity contribution is 6.43. The van der Waals surface area contributed by atoms with Gasteiger partial charge in [-0.1, -0.05) is 12.1 Å². The van der Waals surface area contributed by atoms with Crippen molar-refractivity contribution in [3.8, 4) is 11.1 Å². The van der Waals surface area contributed by atoms with E-state index in [4.69, 9.17) is 9.84 Å². The van der Waals surface area contributed by atoms with E-state index in [2.05, 4.69) is 10.3 Å². The van der Waals surface area contributed by atoms with Gasteiger partial charge in [-0.2, -0.15) is 0 Å². The summed E-state index contributed by atoms with van der Waals surface area (Å²) in [7, 11) is 0. The predicted molar refractivity (Wildman–Crippen MR) is 95.9 cm³/mol. The van der Waals surface area contributed by atoms with Crippen LogP contribution >= 0.6 is 0 Å². The molecule has 0 bridgehead atoms. The molecule has 2 rings (SSSR count). The molecule has 1 amide bonds. The van der Waals surface area contributed by atoms with E-state index in [1.807, 2.05) is 0 Å². The lowest BCUT2D eigenvalue weighted by atomic mass is 9.98. The van der Waals surface area contributed by atoms with Gasteiger partial charge >= 0.3 is 5.97 Å². The molecular weight excluding hydrogens is 355 g/mol. The molecule has 0 radical (unpaired) electrons. The van der Waals surface area contributed by atoms with Crippen LogP contribution < -0.4 is 5.32 Å². The highest BCUT2D eigenvalue weighted by Gasteiger charge is 2.29. The van der Waals surface area contributed by atoms with Crippen LogP contribution in [-0.2, 0) is 9.53 Å². The normalized spacial score (nSPS) is 10.5. The molecule has 0 fully saturated rings. The van der Waals surface area contributed by atoms with Gasteiger partial charge < -0.3 is 20.1 Å². The SMILES string of the molecule is CCOC(=O)c1c(C)[nH]c(C(=O)C(=O)NCCCO)c1-c1ccc(F)cc1. The Morgan fingerprint density at radius 2 is 1.89 bits per heavy atom. The van der Waals surface area contributed by atoms with Crippen LogP contribution in [0.5, 0.6) is 0 Å². The molecule has 144 valence electrons. The smallest absolute Gasteiger partial charge is 0.340 e. The van der Waals surface area contributed by atoms with Crippen LogP contribution in [0.1, 0.15) is 39.9 Å². The van der Waals surface area contributed by atoms with Gasteiger partial charge in [0.15, 0.2) is 0 Å². The molecule has 0 aliphatic heterocycles. The van der Waals surface area contributed by atoms with Crippen molar-refractivity contribution in [3.05, 3.63) is 47.0 Å². The first-order valence-electron chi connectivity index (χ1n) is 8.49. The lowest BCUT2D eigenvalue weighted by Crippen LogP contribution is -2.32. The minimum Gasteiger partial charge on any atom is -0.462 e. The van der Waals surface area contributed by atoms with Gasteiger partial charge in [0.2, 0.25) is 0 Å². The van der Waals surface area contributed by atoms with Crippen molar-refractivity contribution in [2.75, 3.05) is 19.8 Å². The van der Waals surface area contributed by atoms with E-state index in [9.17, 15) is 18.8 Å². The largest absolute Gasteiger partial charge is 0.462 e. The Morgan fingerprint density at radius 1 is 1.22 bits per heavy atom. The summed E-state index contributed by atoms with van der Waals surface area (Å²) in [6.07, 6.45) is 0.307. The maximum Gasteiger partial charge on any atom is 0.340 e. The number of ether oxygens (including phenoxy) is 1. The maximum atomic E-state index is 13.3. The third-order valence-corrected chi connectivity index (χ3v) is 3.85. The van der Waals surface area contributed by atoms with Gasteiger partial charge in [-0.05, 0) is 38.0 Å². The second-order valence-corrected chi connectivity index (χ2v) is 5.76. The molecule has 7 nitrogen and oxygen atoms in total. The number of amides is 1. The van der Waals surface area contributed by atoms with Crippen molar-refractivity contribution in [2.24, 2.45) is 0 Å². The molecule has 3 N–H and O–H groups in total. The molecule has 0 spiro atoms. The number of aromatic amines is 1. The Hall–Kier alpha value is -3.00. The number of H-pyrrole nitrogens is 1. The fourth-order valence-corrected chi connectivity index (χ4v) is 2.63. The number of hydrogen-bond donors (Lipinski definition) is 3. The van der Waals surface area contributed by atoms with Crippen molar-refractivity contribution in [1.82, 2.24) is 10.3 Å². The summed E-state index contributed by atoms with van der Waals surface area (Å²) in [6, 6.07) is 5.23. The Bertz CT molecular complexity index is 843. The second-order valence-electron chi connectivity index (χ2n) is 5.76. The zero-order valence-electron chi connectivity index (χ0n) is 15.1. The standard InChI is InChI=1S/C19H21FN2O5/c1-3-27-19(26)14-11(2)22-16(17(24)18(25)21-9-4-10-23)15(14)12-5-7-13(20)8-6-12/h5-8,22-23H,3-4,9-10H2,1-2H3,(H,21,25). The number of aliphatic hydroxyl groups is 1. The van der Waals surface area contributed by atoms with E-state index < -0.39 is 23.5 Å². The molecule has 0 atom stereocenters. The number of aromatic nitrogens is 1. The van der Waals surface area contributed by atoms with E-state index in [1.165, 1.54) is 24.3 Å². The number of hydrogen-bond acceptors (Lipinski definition) is 5. The van der Waals surface area contributed by atoms with Gasteiger partial charge in [0.1, 0.15) is 11.5 Å². The van der Waals surface area contributed by atoms with Crippen LogP contribution in [0.4, 0.5) is 4.39 Å². The van der Waals surface area contributed by atoms with Gasteiger partial charge in [0.25, 0.3) is 11.7 Å². The maximum absolute atomic E-state index is 13.3. The van der Waals surface area contributed by atoms with Gasteiger partial charge in [0, 0.05) is 24.4 Å². The summed E-state index contributed by atoms with van der Waals surface area (Å²) in [5.41, 5.74) is 0.987. The van der Waals surface area contributed by atoms with Crippen molar-refractivity contribution in [3.63, 3.8) is 0 Å². The summed E-state index contributed by atoms with van der Waals surface area (Å²) in [5, 5.41) is 11.2. The van der Waals surface area contributed by atoms with E-state index in [0.717, 1.165) is 0 Å². The number of benzene rings is 1. The van der Waals surface area contributed by atoms with E-state index >= 15 is 0 Å².